The van der Waals surface area contributed by atoms with Crippen LogP contribution in [0.5, 0.6) is 0 Å². The van der Waals surface area contributed by atoms with Crippen LogP contribution in [0.15, 0.2) is 18.2 Å². The summed E-state index contributed by atoms with van der Waals surface area (Å²) in [5.41, 5.74) is 1.54. The van der Waals surface area contributed by atoms with Gasteiger partial charge in [-0.2, -0.15) is 0 Å². The first-order chi connectivity index (χ1) is 8.26. The minimum atomic E-state index is -0.275. The van der Waals surface area contributed by atoms with Gasteiger partial charge in [0.2, 0.25) is 0 Å². The molecule has 88 valence electrons. The number of nitrogens with one attached hydrogen (secondary N) is 1. The maximum atomic E-state index is 13.1. The Morgan fingerprint density at radius 3 is 3.06 bits per heavy atom. The maximum absolute atomic E-state index is 13.1. The van der Waals surface area contributed by atoms with Crippen molar-refractivity contribution in [3.05, 3.63) is 29.8 Å². The summed E-state index contributed by atoms with van der Waals surface area (Å²) in [6.07, 6.45) is 6.12. The molecule has 1 aromatic carbocycles. The molecule has 1 aromatic heterocycles. The van der Waals surface area contributed by atoms with Gasteiger partial charge in [0.1, 0.15) is 11.6 Å². The van der Waals surface area contributed by atoms with E-state index >= 15 is 0 Å². The first-order valence-electron chi connectivity index (χ1n) is 5.49. The lowest BCUT2D eigenvalue weighted by atomic mass is 10.3. The van der Waals surface area contributed by atoms with Crippen LogP contribution in [0.4, 0.5) is 4.39 Å². The standard InChI is InChI=1S/C13H14FN3/c1-3-8-17-12-5-4-10(14)9-11(12)16-13(17)6-7-15-2/h1,4-5,9,15H,6-8H2,2H3. The van der Waals surface area contributed by atoms with Crippen molar-refractivity contribution in [1.82, 2.24) is 14.9 Å². The molecule has 0 amide bonds. The van der Waals surface area contributed by atoms with Gasteiger partial charge >= 0.3 is 0 Å². The van der Waals surface area contributed by atoms with E-state index in [0.717, 1.165) is 24.3 Å². The van der Waals surface area contributed by atoms with E-state index in [1.807, 2.05) is 11.6 Å². The van der Waals surface area contributed by atoms with E-state index in [1.54, 1.807) is 6.07 Å². The quantitative estimate of drug-likeness (QED) is 0.809. The highest BCUT2D eigenvalue weighted by atomic mass is 19.1. The number of imidazole rings is 1. The summed E-state index contributed by atoms with van der Waals surface area (Å²) < 4.78 is 15.1. The summed E-state index contributed by atoms with van der Waals surface area (Å²) in [6.45, 7) is 1.28. The highest BCUT2D eigenvalue weighted by Gasteiger charge is 2.09. The second-order valence-electron chi connectivity index (χ2n) is 3.80. The maximum Gasteiger partial charge on any atom is 0.125 e. The van der Waals surface area contributed by atoms with E-state index in [2.05, 4.69) is 16.2 Å². The van der Waals surface area contributed by atoms with Gasteiger partial charge in [0, 0.05) is 19.0 Å². The second-order valence-corrected chi connectivity index (χ2v) is 3.80. The largest absolute Gasteiger partial charge is 0.319 e. The number of nitrogens with zero attached hydrogens (tertiary/aromatic N) is 2. The van der Waals surface area contributed by atoms with E-state index in [1.165, 1.54) is 12.1 Å². The molecule has 0 saturated carbocycles. The zero-order chi connectivity index (χ0) is 12.3. The molecule has 3 nitrogen and oxygen atoms in total. The molecule has 1 N–H and O–H groups in total. The number of terminal acetylenes is 1. The van der Waals surface area contributed by atoms with Gasteiger partial charge in [-0.15, -0.1) is 6.42 Å². The molecule has 0 radical (unpaired) electrons. The van der Waals surface area contributed by atoms with Crippen molar-refractivity contribution >= 4 is 11.0 Å². The van der Waals surface area contributed by atoms with Crippen LogP contribution in [0.1, 0.15) is 5.82 Å². The average Bonchev–Trinajstić information content (AvgIpc) is 2.64. The van der Waals surface area contributed by atoms with Crippen LogP contribution >= 0.6 is 0 Å². The van der Waals surface area contributed by atoms with Crippen molar-refractivity contribution in [1.29, 1.82) is 0 Å². The normalized spacial score (nSPS) is 10.6. The molecule has 0 aliphatic heterocycles. The summed E-state index contributed by atoms with van der Waals surface area (Å²) >= 11 is 0. The Morgan fingerprint density at radius 1 is 1.53 bits per heavy atom. The smallest absolute Gasteiger partial charge is 0.125 e. The molecule has 1 heterocycles. The van der Waals surface area contributed by atoms with Gasteiger partial charge in [0.05, 0.1) is 17.6 Å². The molecule has 2 rings (SSSR count). The van der Waals surface area contributed by atoms with Gasteiger partial charge < -0.3 is 9.88 Å². The summed E-state index contributed by atoms with van der Waals surface area (Å²) in [5, 5.41) is 3.06. The Hall–Kier alpha value is -1.86. The van der Waals surface area contributed by atoms with E-state index < -0.39 is 0 Å². The fraction of sp³-hybridized carbons (Fsp3) is 0.308. The number of likely N-dealkylation sites (N-methyl/N-ethyl adjacent to an activating group) is 1. The van der Waals surface area contributed by atoms with Gasteiger partial charge in [-0.05, 0) is 19.2 Å². The lowest BCUT2D eigenvalue weighted by Gasteiger charge is -2.04. The van der Waals surface area contributed by atoms with Crippen LogP contribution in [0.25, 0.3) is 11.0 Å². The van der Waals surface area contributed by atoms with Gasteiger partial charge in [-0.25, -0.2) is 9.37 Å². The van der Waals surface area contributed by atoms with Crippen LogP contribution in [-0.4, -0.2) is 23.1 Å². The molecule has 17 heavy (non-hydrogen) atoms. The summed E-state index contributed by atoms with van der Waals surface area (Å²) in [7, 11) is 1.88. The van der Waals surface area contributed by atoms with Gasteiger partial charge in [-0.1, -0.05) is 5.92 Å². The lowest BCUT2D eigenvalue weighted by Crippen LogP contribution is -2.14. The Bertz CT molecular complexity index is 566. The molecule has 0 spiro atoms. The third-order valence-electron chi connectivity index (χ3n) is 2.64. The molecule has 0 aliphatic rings. The highest BCUT2D eigenvalue weighted by molar-refractivity contribution is 5.76. The minimum Gasteiger partial charge on any atom is -0.319 e. The molecule has 0 atom stereocenters. The van der Waals surface area contributed by atoms with E-state index in [9.17, 15) is 4.39 Å². The molecular formula is C13H14FN3. The monoisotopic (exact) mass is 231 g/mol. The Balaban J connectivity index is 2.50. The van der Waals surface area contributed by atoms with Crippen LogP contribution in [0.3, 0.4) is 0 Å². The molecule has 0 unspecified atom stereocenters. The van der Waals surface area contributed by atoms with Gasteiger partial charge in [-0.3, -0.25) is 0 Å². The Morgan fingerprint density at radius 2 is 2.35 bits per heavy atom. The van der Waals surface area contributed by atoms with Crippen LogP contribution in [-0.2, 0) is 13.0 Å². The van der Waals surface area contributed by atoms with Gasteiger partial charge in [0.15, 0.2) is 0 Å². The fourth-order valence-electron chi connectivity index (χ4n) is 1.85. The molecular weight excluding hydrogens is 217 g/mol. The molecule has 0 aliphatic carbocycles. The van der Waals surface area contributed by atoms with E-state index in [0.29, 0.717) is 12.1 Å². The summed E-state index contributed by atoms with van der Waals surface area (Å²) in [6, 6.07) is 4.59. The van der Waals surface area contributed by atoms with Crippen molar-refractivity contribution in [2.45, 2.75) is 13.0 Å². The molecule has 4 heteroatoms. The SMILES string of the molecule is C#CCn1c(CCNC)nc2cc(F)ccc21. The number of hydrogen-bond acceptors (Lipinski definition) is 2. The second kappa shape index (κ2) is 4.98. The first kappa shape index (κ1) is 11.6. The van der Waals surface area contributed by atoms with Crippen LogP contribution in [0.2, 0.25) is 0 Å². The highest BCUT2D eigenvalue weighted by Crippen LogP contribution is 2.17. The predicted molar refractivity (Wildman–Crippen MR) is 66.2 cm³/mol. The zero-order valence-corrected chi connectivity index (χ0v) is 9.70. The zero-order valence-electron chi connectivity index (χ0n) is 9.70. The number of halogens is 1. The van der Waals surface area contributed by atoms with Crippen molar-refractivity contribution in [2.24, 2.45) is 0 Å². The fourth-order valence-corrected chi connectivity index (χ4v) is 1.85. The molecule has 0 bridgehead atoms. The van der Waals surface area contributed by atoms with Crippen molar-refractivity contribution in [3.63, 3.8) is 0 Å². The lowest BCUT2D eigenvalue weighted by molar-refractivity contribution is 0.629. The summed E-state index contributed by atoms with van der Waals surface area (Å²) in [5.74, 6) is 3.21. The number of fused-ring (bicyclic) bond motifs is 1. The topological polar surface area (TPSA) is 29.9 Å². The van der Waals surface area contributed by atoms with Crippen LogP contribution < -0.4 is 5.32 Å². The number of rotatable bonds is 4. The number of hydrogen-bond donors (Lipinski definition) is 1. The molecule has 0 fully saturated rings. The minimum absolute atomic E-state index is 0.275. The first-order valence-corrected chi connectivity index (χ1v) is 5.49. The third-order valence-corrected chi connectivity index (χ3v) is 2.64. The Kier molecular flexibility index (Phi) is 3.40. The molecule has 2 aromatic rings. The van der Waals surface area contributed by atoms with Gasteiger partial charge in [0.25, 0.3) is 0 Å². The Labute approximate surface area is 99.7 Å². The van der Waals surface area contributed by atoms with Crippen LogP contribution in [0, 0.1) is 18.2 Å². The van der Waals surface area contributed by atoms with Crippen molar-refractivity contribution < 1.29 is 4.39 Å². The molecule has 0 saturated heterocycles. The van der Waals surface area contributed by atoms with Crippen molar-refractivity contribution in [2.75, 3.05) is 13.6 Å². The average molecular weight is 231 g/mol. The number of aromatic nitrogens is 2. The van der Waals surface area contributed by atoms with E-state index in [4.69, 9.17) is 6.42 Å². The summed E-state index contributed by atoms with van der Waals surface area (Å²) in [4.78, 5) is 4.42. The van der Waals surface area contributed by atoms with E-state index in [-0.39, 0.29) is 5.82 Å². The number of benzene rings is 1. The predicted octanol–water partition coefficient (Wildman–Crippen LogP) is 1.57. The van der Waals surface area contributed by atoms with Crippen molar-refractivity contribution in [3.8, 4) is 12.3 Å². The third kappa shape index (κ3) is 2.29.